The molecule has 0 saturated heterocycles. The van der Waals surface area contributed by atoms with Crippen LogP contribution in [-0.2, 0) is 21.4 Å². The first-order valence-corrected chi connectivity index (χ1v) is 11.9. The molecule has 0 fully saturated rings. The average molecular weight is 523 g/mol. The van der Waals surface area contributed by atoms with Crippen molar-refractivity contribution in [2.45, 2.75) is 11.4 Å². The van der Waals surface area contributed by atoms with Crippen LogP contribution in [-0.4, -0.2) is 44.4 Å². The molecular weight excluding hydrogens is 503 g/mol. The van der Waals surface area contributed by atoms with Crippen LogP contribution in [0.25, 0.3) is 0 Å². The molecule has 0 N–H and O–H groups in total. The maximum atomic E-state index is 13.1. The summed E-state index contributed by atoms with van der Waals surface area (Å²) in [7, 11) is -2.68. The quantitative estimate of drug-likeness (QED) is 0.219. The largest absolute Gasteiger partial charge is 0.383 e. The van der Waals surface area contributed by atoms with Gasteiger partial charge in [-0.25, -0.2) is 4.39 Å². The molecule has 35 heavy (non-hydrogen) atoms. The van der Waals surface area contributed by atoms with Crippen molar-refractivity contribution in [3.05, 3.63) is 98.8 Å². The van der Waals surface area contributed by atoms with Gasteiger partial charge in [0.25, 0.3) is 11.6 Å². The maximum Gasteiger partial charge on any atom is 0.339 e. The number of halogens is 2. The molecule has 0 spiro atoms. The van der Waals surface area contributed by atoms with E-state index in [9.17, 15) is 27.7 Å². The maximum absolute atomic E-state index is 13.1. The zero-order valence-electron chi connectivity index (χ0n) is 18.4. The van der Waals surface area contributed by atoms with E-state index in [1.807, 2.05) is 0 Å². The summed E-state index contributed by atoms with van der Waals surface area (Å²) in [4.78, 5) is 24.8. The molecule has 0 atom stereocenters. The van der Waals surface area contributed by atoms with Crippen molar-refractivity contribution in [3.8, 4) is 5.75 Å². The fraction of sp³-hybridized carbons (Fsp3) is 0.174. The minimum atomic E-state index is -4.16. The summed E-state index contributed by atoms with van der Waals surface area (Å²) in [5, 5.41) is 11.1. The summed E-state index contributed by atoms with van der Waals surface area (Å²) in [6.45, 7) is 0.533. The number of benzene rings is 3. The van der Waals surface area contributed by atoms with Crippen molar-refractivity contribution in [2.75, 3.05) is 20.3 Å². The molecule has 0 aliphatic carbocycles. The monoisotopic (exact) mass is 522 g/mol. The molecule has 0 heterocycles. The highest BCUT2D eigenvalue weighted by Crippen LogP contribution is 2.26. The Labute approximate surface area is 205 Å². The second-order valence-electron chi connectivity index (χ2n) is 7.28. The minimum absolute atomic E-state index is 0.0289. The van der Waals surface area contributed by atoms with E-state index in [1.165, 1.54) is 36.3 Å². The lowest BCUT2D eigenvalue weighted by Gasteiger charge is -2.23. The predicted octanol–water partition coefficient (Wildman–Crippen LogP) is 4.44. The molecule has 0 aromatic heterocycles. The Morgan fingerprint density at radius 2 is 1.74 bits per heavy atom. The van der Waals surface area contributed by atoms with Gasteiger partial charge >= 0.3 is 10.1 Å². The molecule has 184 valence electrons. The number of hydrogen-bond acceptors (Lipinski definition) is 7. The zero-order valence-corrected chi connectivity index (χ0v) is 20.0. The van der Waals surface area contributed by atoms with Crippen molar-refractivity contribution < 1.29 is 31.4 Å². The predicted molar refractivity (Wildman–Crippen MR) is 125 cm³/mol. The Bertz CT molecular complexity index is 1320. The number of ether oxygens (including phenoxy) is 1. The Morgan fingerprint density at radius 1 is 1.09 bits per heavy atom. The summed E-state index contributed by atoms with van der Waals surface area (Å²) in [5.41, 5.74) is 0.347. The van der Waals surface area contributed by atoms with E-state index < -0.39 is 26.8 Å². The Kier molecular flexibility index (Phi) is 8.39. The van der Waals surface area contributed by atoms with E-state index in [0.29, 0.717) is 5.56 Å². The van der Waals surface area contributed by atoms with Crippen LogP contribution >= 0.6 is 11.6 Å². The zero-order chi connectivity index (χ0) is 25.6. The van der Waals surface area contributed by atoms with Crippen LogP contribution in [0, 0.1) is 15.9 Å². The van der Waals surface area contributed by atoms with Crippen molar-refractivity contribution in [1.29, 1.82) is 0 Å². The van der Waals surface area contributed by atoms with Gasteiger partial charge in [-0.3, -0.25) is 14.9 Å². The summed E-state index contributed by atoms with van der Waals surface area (Å²) in [6, 6.07) is 14.0. The topological polar surface area (TPSA) is 116 Å². The Balaban J connectivity index is 1.77. The molecule has 0 unspecified atom stereocenters. The molecule has 0 bridgehead atoms. The first-order chi connectivity index (χ1) is 16.6. The highest BCUT2D eigenvalue weighted by atomic mass is 35.5. The van der Waals surface area contributed by atoms with Crippen LogP contribution in [0.5, 0.6) is 5.75 Å². The Morgan fingerprint density at radius 3 is 2.34 bits per heavy atom. The summed E-state index contributed by atoms with van der Waals surface area (Å²) >= 11 is 5.84. The van der Waals surface area contributed by atoms with Gasteiger partial charge in [0.15, 0.2) is 0 Å². The van der Waals surface area contributed by atoms with E-state index in [2.05, 4.69) is 0 Å². The third-order valence-corrected chi connectivity index (χ3v) is 6.43. The van der Waals surface area contributed by atoms with Crippen LogP contribution < -0.4 is 4.18 Å². The van der Waals surface area contributed by atoms with Crippen LogP contribution in [0.1, 0.15) is 15.9 Å². The molecule has 0 radical (unpaired) electrons. The van der Waals surface area contributed by atoms with Gasteiger partial charge < -0.3 is 13.8 Å². The molecule has 9 nitrogen and oxygen atoms in total. The number of methoxy groups -OCH3 is 1. The van der Waals surface area contributed by atoms with E-state index >= 15 is 0 Å². The van der Waals surface area contributed by atoms with Gasteiger partial charge in [-0.15, -0.1) is 0 Å². The molecule has 1 amide bonds. The number of amides is 1. The van der Waals surface area contributed by atoms with E-state index in [1.54, 1.807) is 12.1 Å². The molecule has 0 aliphatic heterocycles. The van der Waals surface area contributed by atoms with Crippen LogP contribution in [0.3, 0.4) is 0 Å². The van der Waals surface area contributed by atoms with Crippen LogP contribution in [0.4, 0.5) is 10.1 Å². The van der Waals surface area contributed by atoms with Crippen molar-refractivity contribution in [3.63, 3.8) is 0 Å². The fourth-order valence-electron chi connectivity index (χ4n) is 3.07. The fourth-order valence-corrected chi connectivity index (χ4v) is 4.19. The molecule has 3 aromatic rings. The third kappa shape index (κ3) is 6.75. The SMILES string of the molecule is COCCN(Cc1ccc(OS(=O)(=O)c2ccc(F)cc2)cc1)C(=O)c1ccc(Cl)c([N+](=O)[O-])c1. The number of carbonyl (C=O) groups is 1. The van der Waals surface area contributed by atoms with Crippen molar-refractivity contribution >= 4 is 33.3 Å². The number of carbonyl (C=O) groups excluding carboxylic acids is 1. The van der Waals surface area contributed by atoms with E-state index in [-0.39, 0.29) is 46.6 Å². The van der Waals surface area contributed by atoms with E-state index in [4.69, 9.17) is 20.5 Å². The lowest BCUT2D eigenvalue weighted by molar-refractivity contribution is -0.384. The first-order valence-electron chi connectivity index (χ1n) is 10.1. The average Bonchev–Trinajstić information content (AvgIpc) is 2.82. The van der Waals surface area contributed by atoms with Crippen molar-refractivity contribution in [1.82, 2.24) is 4.90 Å². The summed E-state index contributed by atoms with van der Waals surface area (Å²) < 4.78 is 48.0. The smallest absolute Gasteiger partial charge is 0.339 e. The number of hydrogen-bond donors (Lipinski definition) is 0. The van der Waals surface area contributed by atoms with Crippen LogP contribution in [0.15, 0.2) is 71.6 Å². The van der Waals surface area contributed by atoms with Crippen LogP contribution in [0.2, 0.25) is 5.02 Å². The van der Waals surface area contributed by atoms with Crippen molar-refractivity contribution in [2.24, 2.45) is 0 Å². The van der Waals surface area contributed by atoms with E-state index in [0.717, 1.165) is 30.3 Å². The van der Waals surface area contributed by atoms with Gasteiger partial charge in [-0.1, -0.05) is 23.7 Å². The standard InChI is InChI=1S/C23H20ClFN2O7S/c1-33-13-12-26(23(28)17-4-11-21(24)22(14-17)27(29)30)15-16-2-7-19(8-3-16)34-35(31,32)20-9-5-18(25)6-10-20/h2-11,14H,12-13,15H2,1H3. The lowest BCUT2D eigenvalue weighted by Crippen LogP contribution is -2.33. The van der Waals surface area contributed by atoms with Gasteiger partial charge in [0.2, 0.25) is 0 Å². The number of rotatable bonds is 10. The van der Waals surface area contributed by atoms with Gasteiger partial charge in [-0.05, 0) is 54.1 Å². The molecule has 0 aliphatic rings. The number of nitro benzene ring substituents is 1. The molecule has 0 saturated carbocycles. The Hall–Kier alpha value is -3.54. The minimum Gasteiger partial charge on any atom is -0.383 e. The molecule has 3 aromatic carbocycles. The highest BCUT2D eigenvalue weighted by molar-refractivity contribution is 7.87. The molecular formula is C23H20ClFN2O7S. The van der Waals surface area contributed by atoms with Gasteiger partial charge in [0, 0.05) is 31.8 Å². The third-order valence-electron chi connectivity index (χ3n) is 4.85. The second-order valence-corrected chi connectivity index (χ2v) is 9.23. The van der Waals surface area contributed by atoms with Gasteiger partial charge in [0.05, 0.1) is 11.5 Å². The summed E-state index contributed by atoms with van der Waals surface area (Å²) in [5.74, 6) is -1.02. The molecule has 12 heteroatoms. The summed E-state index contributed by atoms with van der Waals surface area (Å²) in [6.07, 6.45) is 0. The van der Waals surface area contributed by atoms with Gasteiger partial charge in [0.1, 0.15) is 21.5 Å². The highest BCUT2D eigenvalue weighted by Gasteiger charge is 2.21. The number of nitro groups is 1. The number of nitrogens with zero attached hydrogens (tertiary/aromatic N) is 2. The normalized spacial score (nSPS) is 11.2. The molecule has 3 rings (SSSR count). The second kappa shape index (κ2) is 11.3. The first kappa shape index (κ1) is 26.1. The van der Waals surface area contributed by atoms with Gasteiger partial charge in [-0.2, -0.15) is 8.42 Å². The lowest BCUT2D eigenvalue weighted by atomic mass is 10.1.